The van der Waals surface area contributed by atoms with Gasteiger partial charge in [0.2, 0.25) is 0 Å². The zero-order valence-corrected chi connectivity index (χ0v) is 13.8. The van der Waals surface area contributed by atoms with Crippen LogP contribution in [0.4, 0.5) is 11.4 Å². The molecule has 0 atom stereocenters. The van der Waals surface area contributed by atoms with Crippen LogP contribution in [0.25, 0.3) is 0 Å². The normalized spacial score (nSPS) is 13.2. The lowest BCUT2D eigenvalue weighted by molar-refractivity contribution is -0.108. The highest BCUT2D eigenvalue weighted by molar-refractivity contribution is 6.09. The lowest BCUT2D eigenvalue weighted by Crippen LogP contribution is -2.36. The Morgan fingerprint density at radius 2 is 1.40 bits per heavy atom. The van der Waals surface area contributed by atoms with E-state index in [9.17, 15) is 4.79 Å². The van der Waals surface area contributed by atoms with Gasteiger partial charge in [-0.05, 0) is 60.4 Å². The van der Waals surface area contributed by atoms with E-state index >= 15 is 0 Å². The quantitative estimate of drug-likeness (QED) is 0.642. The van der Waals surface area contributed by atoms with E-state index in [1.807, 2.05) is 24.3 Å². The zero-order chi connectivity index (χ0) is 17.5. The minimum absolute atomic E-state index is 0.408. The van der Waals surface area contributed by atoms with E-state index in [1.54, 1.807) is 24.3 Å². The Labute approximate surface area is 147 Å². The summed E-state index contributed by atoms with van der Waals surface area (Å²) >= 11 is 0. The number of nitrogens with two attached hydrogens (primary N) is 1. The van der Waals surface area contributed by atoms with Gasteiger partial charge in [-0.15, -0.1) is 0 Å². The molecule has 0 saturated carbocycles. The van der Waals surface area contributed by atoms with E-state index < -0.39 is 5.78 Å². The van der Waals surface area contributed by atoms with Crippen LogP contribution in [-0.2, 0) is 9.53 Å². The number of ketones is 1. The molecule has 2 aromatic rings. The van der Waals surface area contributed by atoms with Gasteiger partial charge < -0.3 is 15.4 Å². The molecule has 2 aromatic carbocycles. The summed E-state index contributed by atoms with van der Waals surface area (Å²) < 4.78 is 5.35. The number of Topliss-reactive ketones (excluding diaryl/α,β-unsaturated/α-hetero) is 1. The third-order valence-electron chi connectivity index (χ3n) is 3.79. The molecule has 0 aliphatic carbocycles. The summed E-state index contributed by atoms with van der Waals surface area (Å²) in [5.74, 6) is 10.3. The Bertz CT molecular complexity index is 857. The summed E-state index contributed by atoms with van der Waals surface area (Å²) in [6.45, 7) is 3.29. The molecule has 1 aliphatic heterocycles. The van der Waals surface area contributed by atoms with Gasteiger partial charge in [0, 0.05) is 35.6 Å². The summed E-state index contributed by atoms with van der Waals surface area (Å²) in [6.07, 6.45) is 0. The van der Waals surface area contributed by atoms with Gasteiger partial charge in [-0.2, -0.15) is 0 Å². The molecule has 0 bridgehead atoms. The predicted octanol–water partition coefficient (Wildman–Crippen LogP) is 2.08. The summed E-state index contributed by atoms with van der Waals surface area (Å²) in [7, 11) is 0. The number of nitrogen functional groups attached to an aromatic ring is 1. The summed E-state index contributed by atoms with van der Waals surface area (Å²) in [5, 5.41) is 0. The maximum atomic E-state index is 11.8. The van der Waals surface area contributed by atoms with Crippen molar-refractivity contribution in [2.24, 2.45) is 0 Å². The molecule has 3 rings (SSSR count). The fraction of sp³-hybridized carbons (Fsp3) is 0.190. The Morgan fingerprint density at radius 1 is 0.880 bits per heavy atom. The first-order chi connectivity index (χ1) is 12.2. The third kappa shape index (κ3) is 4.88. The van der Waals surface area contributed by atoms with Crippen molar-refractivity contribution >= 4 is 17.2 Å². The van der Waals surface area contributed by atoms with Crippen LogP contribution in [0.2, 0.25) is 0 Å². The average Bonchev–Trinajstić information content (AvgIpc) is 2.67. The standard InChI is InChI=1S/C21H18N2O2/c22-19-7-1-17(2-8-19)5-11-21(24)12-6-18-3-9-20(10-4-18)23-13-15-25-16-14-23/h1-4,7-10H,13-16,22H2. The van der Waals surface area contributed by atoms with Crippen LogP contribution in [0.5, 0.6) is 0 Å². The number of hydrogen-bond donors (Lipinski definition) is 1. The fourth-order valence-electron chi connectivity index (χ4n) is 2.43. The summed E-state index contributed by atoms with van der Waals surface area (Å²) in [4.78, 5) is 14.0. The largest absolute Gasteiger partial charge is 0.399 e. The number of rotatable bonds is 1. The molecule has 2 N–H and O–H groups in total. The van der Waals surface area contributed by atoms with Crippen LogP contribution < -0.4 is 10.6 Å². The molecular formula is C21H18N2O2. The van der Waals surface area contributed by atoms with Gasteiger partial charge in [0.05, 0.1) is 13.2 Å². The van der Waals surface area contributed by atoms with E-state index in [4.69, 9.17) is 10.5 Å². The topological polar surface area (TPSA) is 55.6 Å². The lowest BCUT2D eigenvalue weighted by Gasteiger charge is -2.28. The first-order valence-corrected chi connectivity index (χ1v) is 8.07. The number of carbonyl (C=O) groups excluding carboxylic acids is 1. The number of nitrogens with zero attached hydrogens (tertiary/aromatic N) is 1. The second-order valence-corrected chi connectivity index (χ2v) is 5.60. The molecule has 0 spiro atoms. The lowest BCUT2D eigenvalue weighted by atomic mass is 10.2. The van der Waals surface area contributed by atoms with Crippen molar-refractivity contribution < 1.29 is 9.53 Å². The number of hydrogen-bond acceptors (Lipinski definition) is 4. The molecule has 0 amide bonds. The molecule has 4 nitrogen and oxygen atoms in total. The second kappa shape index (κ2) is 8.06. The highest BCUT2D eigenvalue weighted by Crippen LogP contribution is 2.16. The maximum Gasteiger partial charge on any atom is 0.279 e. The molecule has 25 heavy (non-hydrogen) atoms. The van der Waals surface area contributed by atoms with E-state index in [0.717, 1.165) is 43.1 Å². The van der Waals surface area contributed by atoms with Crippen molar-refractivity contribution in [1.82, 2.24) is 0 Å². The summed E-state index contributed by atoms with van der Waals surface area (Å²) in [6, 6.07) is 14.9. The molecule has 0 radical (unpaired) electrons. The monoisotopic (exact) mass is 330 g/mol. The van der Waals surface area contributed by atoms with E-state index in [-0.39, 0.29) is 0 Å². The maximum absolute atomic E-state index is 11.8. The Balaban J connectivity index is 1.62. The van der Waals surface area contributed by atoms with Crippen LogP contribution in [0.3, 0.4) is 0 Å². The Morgan fingerprint density at radius 3 is 1.96 bits per heavy atom. The van der Waals surface area contributed by atoms with Crippen molar-refractivity contribution in [3.05, 3.63) is 59.7 Å². The molecule has 124 valence electrons. The van der Waals surface area contributed by atoms with E-state index in [2.05, 4.69) is 28.6 Å². The van der Waals surface area contributed by atoms with Gasteiger partial charge in [0.25, 0.3) is 5.78 Å². The average molecular weight is 330 g/mol. The van der Waals surface area contributed by atoms with Gasteiger partial charge in [-0.25, -0.2) is 0 Å². The minimum atomic E-state index is -0.408. The van der Waals surface area contributed by atoms with Crippen LogP contribution in [-0.4, -0.2) is 32.1 Å². The molecule has 1 heterocycles. The van der Waals surface area contributed by atoms with Crippen LogP contribution in [0, 0.1) is 23.7 Å². The Kier molecular flexibility index (Phi) is 5.36. The molecular weight excluding hydrogens is 312 g/mol. The number of morpholine rings is 1. The Hall–Kier alpha value is -3.21. The van der Waals surface area contributed by atoms with Gasteiger partial charge in [-0.3, -0.25) is 4.79 Å². The number of carbonyl (C=O) groups is 1. The van der Waals surface area contributed by atoms with Gasteiger partial charge >= 0.3 is 0 Å². The number of benzene rings is 2. The molecule has 0 unspecified atom stereocenters. The SMILES string of the molecule is Nc1ccc(C#CC(=O)C#Cc2ccc(N3CCOCC3)cc2)cc1. The van der Waals surface area contributed by atoms with Crippen molar-refractivity contribution in [2.75, 3.05) is 36.9 Å². The molecule has 4 heteroatoms. The first-order valence-electron chi connectivity index (χ1n) is 8.07. The van der Waals surface area contributed by atoms with Crippen molar-refractivity contribution in [2.45, 2.75) is 0 Å². The second-order valence-electron chi connectivity index (χ2n) is 5.60. The van der Waals surface area contributed by atoms with Crippen LogP contribution in [0.1, 0.15) is 11.1 Å². The fourth-order valence-corrected chi connectivity index (χ4v) is 2.43. The van der Waals surface area contributed by atoms with Crippen LogP contribution in [0.15, 0.2) is 48.5 Å². The first kappa shape index (κ1) is 16.6. The molecule has 1 aliphatic rings. The molecule has 1 saturated heterocycles. The number of anilines is 2. The minimum Gasteiger partial charge on any atom is -0.399 e. The third-order valence-corrected chi connectivity index (χ3v) is 3.79. The molecule has 0 aromatic heterocycles. The van der Waals surface area contributed by atoms with Crippen molar-refractivity contribution in [3.63, 3.8) is 0 Å². The highest BCUT2D eigenvalue weighted by Gasteiger charge is 2.10. The van der Waals surface area contributed by atoms with Crippen molar-refractivity contribution in [1.29, 1.82) is 0 Å². The summed E-state index contributed by atoms with van der Waals surface area (Å²) in [5.41, 5.74) is 8.94. The van der Waals surface area contributed by atoms with Gasteiger partial charge in [0.15, 0.2) is 0 Å². The highest BCUT2D eigenvalue weighted by atomic mass is 16.5. The predicted molar refractivity (Wildman–Crippen MR) is 99.1 cm³/mol. The van der Waals surface area contributed by atoms with E-state index in [0.29, 0.717) is 5.69 Å². The van der Waals surface area contributed by atoms with Gasteiger partial charge in [-0.1, -0.05) is 11.8 Å². The van der Waals surface area contributed by atoms with Crippen molar-refractivity contribution in [3.8, 4) is 23.7 Å². The smallest absolute Gasteiger partial charge is 0.279 e. The van der Waals surface area contributed by atoms with Gasteiger partial charge in [0.1, 0.15) is 0 Å². The van der Waals surface area contributed by atoms with Crippen LogP contribution >= 0.6 is 0 Å². The number of ether oxygens (including phenoxy) is 1. The zero-order valence-electron chi connectivity index (χ0n) is 13.8. The molecule has 1 fully saturated rings. The van der Waals surface area contributed by atoms with E-state index in [1.165, 1.54) is 0 Å².